The van der Waals surface area contributed by atoms with E-state index in [2.05, 4.69) is 4.98 Å². The van der Waals surface area contributed by atoms with Gasteiger partial charge in [-0.1, -0.05) is 33.9 Å². The zero-order chi connectivity index (χ0) is 19.2. The molecule has 1 saturated heterocycles. The molecule has 3 N–H and O–H groups in total. The Balaban J connectivity index is 2.94. The van der Waals surface area contributed by atoms with Crippen molar-refractivity contribution in [2.75, 3.05) is 13.7 Å². The van der Waals surface area contributed by atoms with E-state index in [1.807, 2.05) is 33.9 Å². The molecule has 0 amide bonds. The summed E-state index contributed by atoms with van der Waals surface area (Å²) in [6, 6.07) is 1.24. The molecule has 2 heterocycles. The van der Waals surface area contributed by atoms with Crippen molar-refractivity contribution in [3.63, 3.8) is 0 Å². The fraction of sp³-hybridized carbons (Fsp3) is 0.750. The smallest absolute Gasteiger partial charge is 0.330 e. The highest BCUT2D eigenvalue weighted by Gasteiger charge is 2.73. The summed E-state index contributed by atoms with van der Waals surface area (Å²) in [5, 5.41) is 19.5. The van der Waals surface area contributed by atoms with Crippen LogP contribution >= 0.6 is 0 Å². The Morgan fingerprint density at radius 3 is 2.40 bits per heavy atom. The van der Waals surface area contributed by atoms with E-state index in [1.54, 1.807) is 0 Å². The third kappa shape index (κ3) is 2.57. The molecule has 0 radical (unpaired) electrons. The Labute approximate surface area is 148 Å². The van der Waals surface area contributed by atoms with Crippen LogP contribution in [0, 0.1) is 5.41 Å². The minimum atomic E-state index is -1.94. The van der Waals surface area contributed by atoms with Crippen molar-refractivity contribution in [2.24, 2.45) is 5.41 Å². The molecule has 8 nitrogen and oxygen atoms in total. The van der Waals surface area contributed by atoms with Gasteiger partial charge in [-0.2, -0.15) is 0 Å². The van der Waals surface area contributed by atoms with Crippen LogP contribution in [0.1, 0.15) is 20.8 Å². The number of nitrogens with zero attached hydrogens (tertiary/aromatic N) is 1. The lowest BCUT2D eigenvalue weighted by molar-refractivity contribution is -0.215. The van der Waals surface area contributed by atoms with Crippen LogP contribution in [-0.4, -0.2) is 60.1 Å². The SMILES string of the molecule is CO[C@]1(C(C)(C)C)[C@H](O)[C@@H](CO)O[C@]1(n1ccc(=O)[nH]c1=O)[SiH](C)C. The van der Waals surface area contributed by atoms with Crippen molar-refractivity contribution in [1.82, 2.24) is 9.55 Å². The number of aromatic nitrogens is 2. The molecular weight excluding hydrogens is 344 g/mol. The monoisotopic (exact) mass is 372 g/mol. The summed E-state index contributed by atoms with van der Waals surface area (Å²) in [5.74, 6) is 0. The summed E-state index contributed by atoms with van der Waals surface area (Å²) in [6.07, 6.45) is -0.690. The van der Waals surface area contributed by atoms with Crippen LogP contribution in [0.4, 0.5) is 0 Å². The van der Waals surface area contributed by atoms with Crippen LogP contribution in [0.2, 0.25) is 13.1 Å². The number of methoxy groups -OCH3 is 1. The number of aliphatic hydroxyl groups excluding tert-OH is 2. The molecule has 0 saturated carbocycles. The van der Waals surface area contributed by atoms with Crippen LogP contribution in [0.3, 0.4) is 0 Å². The van der Waals surface area contributed by atoms with Gasteiger partial charge < -0.3 is 19.7 Å². The second kappa shape index (κ2) is 6.47. The summed E-state index contributed by atoms with van der Waals surface area (Å²) in [6.45, 7) is 9.22. The fourth-order valence-electron chi connectivity index (χ4n) is 4.31. The lowest BCUT2D eigenvalue weighted by atomic mass is 9.71. The molecule has 1 aliphatic rings. The van der Waals surface area contributed by atoms with Crippen LogP contribution in [0.5, 0.6) is 0 Å². The van der Waals surface area contributed by atoms with E-state index in [0.29, 0.717) is 0 Å². The van der Waals surface area contributed by atoms with Gasteiger partial charge in [0.05, 0.1) is 6.61 Å². The number of rotatable bonds is 4. The molecule has 1 fully saturated rings. The Morgan fingerprint density at radius 1 is 1.40 bits per heavy atom. The zero-order valence-electron chi connectivity index (χ0n) is 15.6. The quantitative estimate of drug-likeness (QED) is 0.608. The number of hydrogen-bond donors (Lipinski definition) is 3. The Hall–Kier alpha value is -1.26. The number of H-pyrrole nitrogens is 1. The molecule has 2 rings (SSSR count). The van der Waals surface area contributed by atoms with Crippen LogP contribution in [0.15, 0.2) is 21.9 Å². The number of aliphatic hydroxyl groups is 2. The van der Waals surface area contributed by atoms with E-state index < -0.39 is 55.2 Å². The standard InChI is InChI=1S/C16H28N2O6Si/c1-14(2,3)15(23-4)12(21)10(9-19)24-16(15,25(5)6)18-8-7-11(20)17-13(18)22/h7-8,10,12,19,21,25H,9H2,1-6H3,(H,17,20,22)/t10-,12-,15+,16+/m1/s1. The summed E-state index contributed by atoms with van der Waals surface area (Å²) in [4.78, 5) is 26.4. The molecule has 0 spiro atoms. The number of ether oxygens (including phenoxy) is 2. The Kier molecular flexibility index (Phi) is 5.19. The largest absolute Gasteiger partial charge is 0.394 e. The minimum absolute atomic E-state index is 0.413. The van der Waals surface area contributed by atoms with E-state index >= 15 is 0 Å². The Morgan fingerprint density at radius 2 is 2.00 bits per heavy atom. The average Bonchev–Trinajstić information content (AvgIpc) is 2.77. The molecule has 9 heteroatoms. The Bertz CT molecular complexity index is 739. The first-order valence-electron chi connectivity index (χ1n) is 8.34. The predicted molar refractivity (Wildman–Crippen MR) is 95.3 cm³/mol. The van der Waals surface area contributed by atoms with Gasteiger partial charge in [-0.3, -0.25) is 14.3 Å². The first-order valence-corrected chi connectivity index (χ1v) is 11.2. The topological polar surface area (TPSA) is 114 Å². The molecular formula is C16H28N2O6Si. The van der Waals surface area contributed by atoms with Gasteiger partial charge in [0, 0.05) is 19.4 Å². The van der Waals surface area contributed by atoms with Gasteiger partial charge in [-0.25, -0.2) is 4.79 Å². The van der Waals surface area contributed by atoms with Crippen molar-refractivity contribution in [2.45, 2.75) is 57.0 Å². The molecule has 4 atom stereocenters. The summed E-state index contributed by atoms with van der Waals surface area (Å²) in [7, 11) is -0.468. The van der Waals surface area contributed by atoms with Gasteiger partial charge in [0.15, 0.2) is 5.35 Å². The number of aromatic amines is 1. The second-order valence-electron chi connectivity index (χ2n) is 7.80. The van der Waals surface area contributed by atoms with Crippen LogP contribution in [0.25, 0.3) is 0 Å². The molecule has 0 unspecified atom stereocenters. The molecule has 1 aliphatic heterocycles. The van der Waals surface area contributed by atoms with E-state index in [1.165, 1.54) is 23.9 Å². The van der Waals surface area contributed by atoms with Crippen LogP contribution in [-0.2, 0) is 14.8 Å². The molecule has 0 bridgehead atoms. The number of nitrogens with one attached hydrogen (secondary N) is 1. The molecule has 25 heavy (non-hydrogen) atoms. The zero-order valence-corrected chi connectivity index (χ0v) is 16.7. The van der Waals surface area contributed by atoms with Crippen molar-refractivity contribution in [1.29, 1.82) is 0 Å². The van der Waals surface area contributed by atoms with E-state index in [9.17, 15) is 19.8 Å². The first kappa shape index (κ1) is 20.1. The van der Waals surface area contributed by atoms with Crippen molar-refractivity contribution in [3.8, 4) is 0 Å². The first-order chi connectivity index (χ1) is 11.5. The molecule has 1 aromatic heterocycles. The van der Waals surface area contributed by atoms with E-state index in [4.69, 9.17) is 9.47 Å². The van der Waals surface area contributed by atoms with Crippen molar-refractivity contribution in [3.05, 3.63) is 33.1 Å². The number of hydrogen-bond acceptors (Lipinski definition) is 6. The van der Waals surface area contributed by atoms with E-state index in [-0.39, 0.29) is 0 Å². The molecule has 1 aromatic rings. The summed E-state index contributed by atoms with van der Waals surface area (Å²) in [5.41, 5.74) is -3.09. The van der Waals surface area contributed by atoms with Gasteiger partial charge in [0.2, 0.25) is 0 Å². The minimum Gasteiger partial charge on any atom is -0.394 e. The van der Waals surface area contributed by atoms with Gasteiger partial charge in [0.1, 0.15) is 26.6 Å². The lowest BCUT2D eigenvalue weighted by Crippen LogP contribution is -2.71. The maximum atomic E-state index is 12.6. The molecule has 0 aromatic carbocycles. The third-order valence-electron chi connectivity index (χ3n) is 5.21. The molecule has 142 valence electrons. The van der Waals surface area contributed by atoms with Crippen LogP contribution < -0.4 is 11.2 Å². The van der Waals surface area contributed by atoms with Gasteiger partial charge >= 0.3 is 5.69 Å². The normalized spacial score (nSPS) is 33.2. The lowest BCUT2D eigenvalue weighted by Gasteiger charge is -2.54. The van der Waals surface area contributed by atoms with Crippen molar-refractivity contribution < 1.29 is 19.7 Å². The van der Waals surface area contributed by atoms with E-state index in [0.717, 1.165) is 0 Å². The van der Waals surface area contributed by atoms with Gasteiger partial charge in [-0.05, 0) is 5.41 Å². The third-order valence-corrected chi connectivity index (χ3v) is 7.62. The predicted octanol–water partition coefficient (Wildman–Crippen LogP) is -0.601. The average molecular weight is 372 g/mol. The maximum absolute atomic E-state index is 12.6. The fourth-order valence-corrected chi connectivity index (χ4v) is 7.09. The maximum Gasteiger partial charge on any atom is 0.330 e. The highest BCUT2D eigenvalue weighted by molar-refractivity contribution is 6.58. The summed E-state index contributed by atoms with van der Waals surface area (Å²) < 4.78 is 13.4. The second-order valence-corrected chi connectivity index (χ2v) is 10.9. The summed E-state index contributed by atoms with van der Waals surface area (Å²) >= 11 is 0. The van der Waals surface area contributed by atoms with Gasteiger partial charge in [-0.15, -0.1) is 0 Å². The highest BCUT2D eigenvalue weighted by atomic mass is 28.3. The van der Waals surface area contributed by atoms with Gasteiger partial charge in [0.25, 0.3) is 5.56 Å². The molecule has 0 aliphatic carbocycles. The highest BCUT2D eigenvalue weighted by Crippen LogP contribution is 2.55. The van der Waals surface area contributed by atoms with Crippen molar-refractivity contribution >= 4 is 8.80 Å².